The molecule has 0 saturated carbocycles. The number of hydrogen-bond acceptors (Lipinski definition) is 6. The maximum absolute atomic E-state index is 12.3. The predicted molar refractivity (Wildman–Crippen MR) is 136 cm³/mol. The molecule has 3 aromatic rings. The highest BCUT2D eigenvalue weighted by Gasteiger charge is 2.27. The first-order chi connectivity index (χ1) is 16.5. The Balaban J connectivity index is 1.18. The molecule has 178 valence electrons. The molecule has 0 unspecified atom stereocenters. The Morgan fingerprint density at radius 1 is 1.03 bits per heavy atom. The first kappa shape index (κ1) is 23.1. The van der Waals surface area contributed by atoms with Gasteiger partial charge in [0, 0.05) is 29.8 Å². The number of piperidine rings is 1. The molecule has 0 spiro atoms. The highest BCUT2D eigenvalue weighted by Crippen LogP contribution is 2.28. The summed E-state index contributed by atoms with van der Waals surface area (Å²) in [4.78, 5) is 26.7. The fourth-order valence-electron chi connectivity index (χ4n) is 4.73. The van der Waals surface area contributed by atoms with E-state index in [0.29, 0.717) is 27.5 Å². The average Bonchev–Trinajstić information content (AvgIpc) is 3.38. The van der Waals surface area contributed by atoms with Gasteiger partial charge in [0.15, 0.2) is 6.61 Å². The SMILES string of the molecule is O=C(COc1ccc(Cl)cc1Cl)Nc1ccc2nc(N3CCC(N4CCCC4)CC3)cnc2c1. The zero-order valence-electron chi connectivity index (χ0n) is 18.8. The first-order valence-electron chi connectivity index (χ1n) is 11.7. The lowest BCUT2D eigenvalue weighted by Gasteiger charge is -2.37. The number of rotatable bonds is 6. The number of benzene rings is 2. The predicted octanol–water partition coefficient (Wildman–Crippen LogP) is 5.02. The van der Waals surface area contributed by atoms with Crippen LogP contribution in [0.4, 0.5) is 11.5 Å². The van der Waals surface area contributed by atoms with Crippen LogP contribution in [0.2, 0.25) is 10.0 Å². The molecule has 0 atom stereocenters. The maximum atomic E-state index is 12.3. The van der Waals surface area contributed by atoms with E-state index in [4.69, 9.17) is 32.9 Å². The topological polar surface area (TPSA) is 70.6 Å². The van der Waals surface area contributed by atoms with E-state index in [1.165, 1.54) is 38.8 Å². The molecule has 2 fully saturated rings. The summed E-state index contributed by atoms with van der Waals surface area (Å²) in [6, 6.07) is 11.1. The number of aromatic nitrogens is 2. The van der Waals surface area contributed by atoms with Crippen LogP contribution in [0.3, 0.4) is 0 Å². The average molecular weight is 500 g/mol. The Kier molecular flexibility index (Phi) is 7.04. The van der Waals surface area contributed by atoms with Gasteiger partial charge in [-0.1, -0.05) is 23.2 Å². The molecule has 3 heterocycles. The molecule has 7 nitrogen and oxygen atoms in total. The number of fused-ring (bicyclic) bond motifs is 1. The van der Waals surface area contributed by atoms with Gasteiger partial charge in [-0.25, -0.2) is 4.98 Å². The van der Waals surface area contributed by atoms with Gasteiger partial charge in [-0.3, -0.25) is 9.78 Å². The number of ether oxygens (including phenoxy) is 1. The fourth-order valence-corrected chi connectivity index (χ4v) is 5.19. The van der Waals surface area contributed by atoms with E-state index >= 15 is 0 Å². The van der Waals surface area contributed by atoms with Gasteiger partial charge in [0.05, 0.1) is 22.3 Å². The lowest BCUT2D eigenvalue weighted by Crippen LogP contribution is -2.44. The maximum Gasteiger partial charge on any atom is 0.262 e. The highest BCUT2D eigenvalue weighted by molar-refractivity contribution is 6.35. The Morgan fingerprint density at radius 3 is 2.59 bits per heavy atom. The molecule has 2 saturated heterocycles. The van der Waals surface area contributed by atoms with E-state index in [9.17, 15) is 4.79 Å². The summed E-state index contributed by atoms with van der Waals surface area (Å²) < 4.78 is 5.50. The number of hydrogen-bond donors (Lipinski definition) is 1. The normalized spacial score (nSPS) is 17.3. The molecule has 2 aromatic carbocycles. The van der Waals surface area contributed by atoms with Crippen LogP contribution in [0.25, 0.3) is 11.0 Å². The molecule has 0 radical (unpaired) electrons. The van der Waals surface area contributed by atoms with E-state index in [0.717, 1.165) is 29.9 Å². The second-order valence-electron chi connectivity index (χ2n) is 8.80. The van der Waals surface area contributed by atoms with Crippen LogP contribution >= 0.6 is 23.2 Å². The van der Waals surface area contributed by atoms with Crippen molar-refractivity contribution in [1.29, 1.82) is 0 Å². The van der Waals surface area contributed by atoms with Crippen molar-refractivity contribution in [2.75, 3.05) is 43.0 Å². The lowest BCUT2D eigenvalue weighted by atomic mass is 10.0. The largest absolute Gasteiger partial charge is 0.482 e. The van der Waals surface area contributed by atoms with Crippen LogP contribution in [-0.2, 0) is 4.79 Å². The van der Waals surface area contributed by atoms with E-state index in [1.807, 2.05) is 24.4 Å². The van der Waals surface area contributed by atoms with E-state index in [-0.39, 0.29) is 12.5 Å². The van der Waals surface area contributed by atoms with Crippen molar-refractivity contribution in [2.24, 2.45) is 0 Å². The minimum absolute atomic E-state index is 0.169. The standard InChI is InChI=1S/C25H27Cl2N5O2/c26-17-3-6-23(20(27)13-17)34-16-25(33)29-18-4-5-21-22(14-18)28-15-24(30-21)32-11-7-19(8-12-32)31-9-1-2-10-31/h3-6,13-15,19H,1-2,7-12,16H2,(H,29,33). The summed E-state index contributed by atoms with van der Waals surface area (Å²) in [5.41, 5.74) is 2.17. The van der Waals surface area contributed by atoms with Crippen molar-refractivity contribution in [2.45, 2.75) is 31.7 Å². The van der Waals surface area contributed by atoms with Crippen molar-refractivity contribution in [3.8, 4) is 5.75 Å². The minimum atomic E-state index is -0.296. The van der Waals surface area contributed by atoms with Gasteiger partial charge < -0.3 is 19.9 Å². The molecule has 2 aliphatic heterocycles. The van der Waals surface area contributed by atoms with Crippen molar-refractivity contribution >= 4 is 51.6 Å². The molecule has 1 amide bonds. The Labute approximate surface area is 209 Å². The minimum Gasteiger partial charge on any atom is -0.482 e. The van der Waals surface area contributed by atoms with Gasteiger partial charge in [0.1, 0.15) is 11.6 Å². The van der Waals surface area contributed by atoms with Crippen LogP contribution in [-0.4, -0.2) is 59.6 Å². The van der Waals surface area contributed by atoms with Gasteiger partial charge in [0.2, 0.25) is 0 Å². The first-order valence-corrected chi connectivity index (χ1v) is 12.4. The summed E-state index contributed by atoms with van der Waals surface area (Å²) in [5.74, 6) is 1.02. The molecule has 9 heteroatoms. The van der Waals surface area contributed by atoms with Crippen LogP contribution < -0.4 is 15.0 Å². The summed E-state index contributed by atoms with van der Waals surface area (Å²) >= 11 is 12.0. The molecule has 1 aromatic heterocycles. The van der Waals surface area contributed by atoms with Crippen molar-refractivity contribution in [3.63, 3.8) is 0 Å². The summed E-state index contributed by atoms with van der Waals surface area (Å²) in [6.07, 6.45) is 6.85. The molecule has 1 N–H and O–H groups in total. The molecule has 5 rings (SSSR count). The molecule has 2 aliphatic rings. The Morgan fingerprint density at radius 2 is 1.82 bits per heavy atom. The van der Waals surface area contributed by atoms with Crippen LogP contribution in [0, 0.1) is 0 Å². The van der Waals surface area contributed by atoms with Crippen LogP contribution in [0.15, 0.2) is 42.6 Å². The summed E-state index contributed by atoms with van der Waals surface area (Å²) in [7, 11) is 0. The zero-order valence-corrected chi connectivity index (χ0v) is 20.4. The van der Waals surface area contributed by atoms with E-state index in [1.54, 1.807) is 18.2 Å². The Hall–Kier alpha value is -2.61. The van der Waals surface area contributed by atoms with Gasteiger partial charge in [0.25, 0.3) is 5.91 Å². The van der Waals surface area contributed by atoms with Crippen LogP contribution in [0.1, 0.15) is 25.7 Å². The number of nitrogens with zero attached hydrogens (tertiary/aromatic N) is 4. The number of nitrogens with one attached hydrogen (secondary N) is 1. The third kappa shape index (κ3) is 5.37. The number of halogens is 2. The smallest absolute Gasteiger partial charge is 0.262 e. The fraction of sp³-hybridized carbons (Fsp3) is 0.400. The number of carbonyl (C=O) groups is 1. The highest BCUT2D eigenvalue weighted by atomic mass is 35.5. The van der Waals surface area contributed by atoms with Gasteiger partial charge >= 0.3 is 0 Å². The second kappa shape index (κ2) is 10.3. The van der Waals surface area contributed by atoms with E-state index in [2.05, 4.69) is 20.1 Å². The number of carbonyl (C=O) groups excluding carboxylic acids is 1. The molecule has 0 aliphatic carbocycles. The second-order valence-corrected chi connectivity index (χ2v) is 9.65. The monoisotopic (exact) mass is 499 g/mol. The van der Waals surface area contributed by atoms with Crippen molar-refractivity contribution in [1.82, 2.24) is 14.9 Å². The molecular weight excluding hydrogens is 473 g/mol. The molecular formula is C25H27Cl2N5O2. The number of anilines is 2. The van der Waals surface area contributed by atoms with Crippen molar-refractivity contribution < 1.29 is 9.53 Å². The Bertz CT molecular complexity index is 1180. The summed E-state index contributed by atoms with van der Waals surface area (Å²) in [5, 5.41) is 3.70. The molecule has 0 bridgehead atoms. The third-order valence-corrected chi connectivity index (χ3v) is 7.04. The quantitative estimate of drug-likeness (QED) is 0.513. The van der Waals surface area contributed by atoms with Crippen molar-refractivity contribution in [3.05, 3.63) is 52.6 Å². The van der Waals surface area contributed by atoms with Crippen LogP contribution in [0.5, 0.6) is 5.75 Å². The summed E-state index contributed by atoms with van der Waals surface area (Å²) in [6.45, 7) is 4.35. The lowest BCUT2D eigenvalue weighted by molar-refractivity contribution is -0.118. The third-order valence-electron chi connectivity index (χ3n) is 6.51. The van der Waals surface area contributed by atoms with E-state index < -0.39 is 0 Å². The number of amides is 1. The van der Waals surface area contributed by atoms with Gasteiger partial charge in [-0.15, -0.1) is 0 Å². The van der Waals surface area contributed by atoms with Gasteiger partial charge in [-0.2, -0.15) is 0 Å². The molecule has 34 heavy (non-hydrogen) atoms. The zero-order chi connectivity index (χ0) is 23.5. The van der Waals surface area contributed by atoms with Gasteiger partial charge in [-0.05, 0) is 75.2 Å². The number of likely N-dealkylation sites (tertiary alicyclic amines) is 1.